The summed E-state index contributed by atoms with van der Waals surface area (Å²) in [6, 6.07) is 9.86. The summed E-state index contributed by atoms with van der Waals surface area (Å²) in [5, 5.41) is 3.46. The highest BCUT2D eigenvalue weighted by atomic mass is 16.2. The molecule has 1 aromatic carbocycles. The van der Waals surface area contributed by atoms with Gasteiger partial charge in [0.1, 0.15) is 0 Å². The molecule has 1 aromatic rings. The number of rotatable bonds is 3. The van der Waals surface area contributed by atoms with Crippen LogP contribution in [0.5, 0.6) is 0 Å². The van der Waals surface area contributed by atoms with E-state index in [1.165, 1.54) is 12.8 Å². The minimum absolute atomic E-state index is 0.180. The molecular formula is C16H23N3O. The molecule has 3 rings (SSSR count). The number of nitrogens with zero attached hydrogens (tertiary/aromatic N) is 2. The Morgan fingerprint density at radius 2 is 2.15 bits per heavy atom. The molecule has 1 atom stereocenters. The van der Waals surface area contributed by atoms with Gasteiger partial charge in [-0.25, -0.2) is 0 Å². The van der Waals surface area contributed by atoms with Crippen LogP contribution in [0.3, 0.4) is 0 Å². The van der Waals surface area contributed by atoms with E-state index in [2.05, 4.69) is 10.2 Å². The van der Waals surface area contributed by atoms with E-state index in [4.69, 9.17) is 0 Å². The molecule has 2 fully saturated rings. The Kier molecular flexibility index (Phi) is 3.76. The van der Waals surface area contributed by atoms with Crippen LogP contribution in [0.15, 0.2) is 30.3 Å². The molecule has 108 valence electrons. The second-order valence-electron chi connectivity index (χ2n) is 6.18. The molecule has 4 nitrogen and oxygen atoms in total. The fourth-order valence-electron chi connectivity index (χ4n) is 3.40. The molecule has 2 heterocycles. The first-order valence-electron chi connectivity index (χ1n) is 7.43. The molecule has 0 aliphatic carbocycles. The van der Waals surface area contributed by atoms with Gasteiger partial charge in [0.2, 0.25) is 5.91 Å². The highest BCUT2D eigenvalue weighted by molar-refractivity contribution is 5.94. The Bertz CT molecular complexity index is 468. The summed E-state index contributed by atoms with van der Waals surface area (Å²) in [5.41, 5.74) is 1.40. The molecule has 0 aromatic heterocycles. The summed E-state index contributed by atoms with van der Waals surface area (Å²) in [7, 11) is 1.86. The Balaban J connectivity index is 1.57. The number of likely N-dealkylation sites (tertiary alicyclic amines) is 1. The molecule has 0 radical (unpaired) electrons. The molecule has 2 aliphatic heterocycles. The number of amides is 1. The van der Waals surface area contributed by atoms with Gasteiger partial charge in [-0.1, -0.05) is 18.2 Å². The molecule has 2 aliphatic rings. The summed E-state index contributed by atoms with van der Waals surface area (Å²) < 4.78 is 0. The van der Waals surface area contributed by atoms with Gasteiger partial charge in [-0.05, 0) is 43.5 Å². The molecule has 2 saturated heterocycles. The van der Waals surface area contributed by atoms with E-state index >= 15 is 0 Å². The monoisotopic (exact) mass is 273 g/mol. The van der Waals surface area contributed by atoms with E-state index in [-0.39, 0.29) is 5.91 Å². The lowest BCUT2D eigenvalue weighted by molar-refractivity contribution is -0.119. The van der Waals surface area contributed by atoms with Crippen LogP contribution in [0.2, 0.25) is 0 Å². The zero-order valence-electron chi connectivity index (χ0n) is 12.1. The summed E-state index contributed by atoms with van der Waals surface area (Å²) in [4.78, 5) is 16.4. The van der Waals surface area contributed by atoms with E-state index in [0.717, 1.165) is 31.9 Å². The third-order valence-corrected chi connectivity index (χ3v) is 4.73. The molecule has 1 amide bonds. The van der Waals surface area contributed by atoms with Crippen LogP contribution in [0.25, 0.3) is 0 Å². The van der Waals surface area contributed by atoms with E-state index in [1.54, 1.807) is 4.90 Å². The van der Waals surface area contributed by atoms with Gasteiger partial charge < -0.3 is 10.2 Å². The zero-order valence-corrected chi connectivity index (χ0v) is 12.1. The first kappa shape index (κ1) is 13.6. The average molecular weight is 273 g/mol. The maximum Gasteiger partial charge on any atom is 0.240 e. The van der Waals surface area contributed by atoms with Crippen molar-refractivity contribution in [2.45, 2.75) is 12.8 Å². The van der Waals surface area contributed by atoms with Gasteiger partial charge in [0, 0.05) is 25.8 Å². The number of hydrogen-bond donors (Lipinski definition) is 1. The van der Waals surface area contributed by atoms with Crippen molar-refractivity contribution in [3.63, 3.8) is 0 Å². The van der Waals surface area contributed by atoms with Crippen LogP contribution in [0.1, 0.15) is 12.8 Å². The minimum Gasteiger partial charge on any atom is -0.316 e. The second-order valence-corrected chi connectivity index (χ2v) is 6.18. The number of carbonyl (C=O) groups excluding carboxylic acids is 1. The summed E-state index contributed by atoms with van der Waals surface area (Å²) in [6.45, 7) is 4.90. The van der Waals surface area contributed by atoms with E-state index in [0.29, 0.717) is 12.0 Å². The Morgan fingerprint density at radius 1 is 1.35 bits per heavy atom. The Morgan fingerprint density at radius 3 is 2.85 bits per heavy atom. The number of hydrogen-bond acceptors (Lipinski definition) is 3. The molecule has 0 saturated carbocycles. The molecule has 0 bridgehead atoms. The Hall–Kier alpha value is -1.39. The standard InChI is InChI=1S/C16H23N3O/c1-18(14-5-3-2-4-6-14)15(20)11-19-10-8-16(13-19)7-9-17-12-16/h2-6,17H,7-13H2,1H3. The van der Waals surface area contributed by atoms with Crippen LogP contribution in [0.4, 0.5) is 5.69 Å². The third kappa shape index (κ3) is 2.72. The predicted molar refractivity (Wildman–Crippen MR) is 80.8 cm³/mol. The van der Waals surface area contributed by atoms with Crippen molar-refractivity contribution in [3.8, 4) is 0 Å². The summed E-state index contributed by atoms with van der Waals surface area (Å²) in [5.74, 6) is 0.180. The van der Waals surface area contributed by atoms with Crippen molar-refractivity contribution in [1.82, 2.24) is 10.2 Å². The molecular weight excluding hydrogens is 250 g/mol. The molecule has 1 unspecified atom stereocenters. The maximum atomic E-state index is 12.4. The highest BCUT2D eigenvalue weighted by Crippen LogP contribution is 2.35. The van der Waals surface area contributed by atoms with Crippen molar-refractivity contribution in [1.29, 1.82) is 0 Å². The molecule has 1 N–H and O–H groups in total. The van der Waals surface area contributed by atoms with Gasteiger partial charge in [0.15, 0.2) is 0 Å². The molecule has 20 heavy (non-hydrogen) atoms. The van der Waals surface area contributed by atoms with Crippen molar-refractivity contribution in [2.75, 3.05) is 44.7 Å². The number of anilines is 1. The van der Waals surface area contributed by atoms with Crippen molar-refractivity contribution < 1.29 is 4.79 Å². The summed E-state index contributed by atoms with van der Waals surface area (Å²) in [6.07, 6.45) is 2.48. The lowest BCUT2D eigenvalue weighted by Gasteiger charge is -2.24. The molecule has 1 spiro atoms. The minimum atomic E-state index is 0.180. The quantitative estimate of drug-likeness (QED) is 0.902. The fraction of sp³-hybridized carbons (Fsp3) is 0.562. The maximum absolute atomic E-state index is 12.4. The number of benzene rings is 1. The SMILES string of the molecule is CN(C(=O)CN1CCC2(CCNC2)C1)c1ccccc1. The average Bonchev–Trinajstić information content (AvgIpc) is 3.09. The van der Waals surface area contributed by atoms with Gasteiger partial charge in [0.25, 0.3) is 0 Å². The number of para-hydroxylation sites is 1. The fourth-order valence-corrected chi connectivity index (χ4v) is 3.40. The number of likely N-dealkylation sites (N-methyl/N-ethyl adjacent to an activating group) is 1. The second kappa shape index (κ2) is 5.54. The number of carbonyl (C=O) groups is 1. The van der Waals surface area contributed by atoms with Gasteiger partial charge in [-0.3, -0.25) is 9.69 Å². The van der Waals surface area contributed by atoms with Crippen LogP contribution < -0.4 is 10.2 Å². The van der Waals surface area contributed by atoms with Crippen LogP contribution in [0, 0.1) is 5.41 Å². The van der Waals surface area contributed by atoms with Gasteiger partial charge in [-0.15, -0.1) is 0 Å². The lowest BCUT2D eigenvalue weighted by Crippen LogP contribution is -2.38. The summed E-state index contributed by atoms with van der Waals surface area (Å²) >= 11 is 0. The first-order chi connectivity index (χ1) is 9.69. The van der Waals surface area contributed by atoms with E-state index in [1.807, 2.05) is 37.4 Å². The van der Waals surface area contributed by atoms with Gasteiger partial charge in [-0.2, -0.15) is 0 Å². The van der Waals surface area contributed by atoms with E-state index in [9.17, 15) is 4.79 Å². The topological polar surface area (TPSA) is 35.6 Å². The first-order valence-corrected chi connectivity index (χ1v) is 7.43. The van der Waals surface area contributed by atoms with E-state index < -0.39 is 0 Å². The van der Waals surface area contributed by atoms with Crippen molar-refractivity contribution in [3.05, 3.63) is 30.3 Å². The van der Waals surface area contributed by atoms with Crippen LogP contribution in [-0.4, -0.2) is 50.6 Å². The predicted octanol–water partition coefficient (Wildman–Crippen LogP) is 1.33. The van der Waals surface area contributed by atoms with Crippen LogP contribution >= 0.6 is 0 Å². The van der Waals surface area contributed by atoms with Crippen molar-refractivity contribution >= 4 is 11.6 Å². The highest BCUT2D eigenvalue weighted by Gasteiger charge is 2.40. The Labute approximate surface area is 120 Å². The number of nitrogens with one attached hydrogen (secondary N) is 1. The largest absolute Gasteiger partial charge is 0.316 e. The third-order valence-electron chi connectivity index (χ3n) is 4.73. The smallest absolute Gasteiger partial charge is 0.240 e. The normalized spacial score (nSPS) is 26.2. The lowest BCUT2D eigenvalue weighted by atomic mass is 9.87. The zero-order chi connectivity index (χ0) is 14.0. The van der Waals surface area contributed by atoms with Crippen molar-refractivity contribution in [2.24, 2.45) is 5.41 Å². The van der Waals surface area contributed by atoms with Crippen LogP contribution in [-0.2, 0) is 4.79 Å². The van der Waals surface area contributed by atoms with Gasteiger partial charge >= 0.3 is 0 Å². The van der Waals surface area contributed by atoms with Gasteiger partial charge in [0.05, 0.1) is 6.54 Å². The molecule has 4 heteroatoms.